The van der Waals surface area contributed by atoms with Gasteiger partial charge in [0, 0.05) is 18.6 Å². The van der Waals surface area contributed by atoms with Gasteiger partial charge in [-0.15, -0.1) is 0 Å². The van der Waals surface area contributed by atoms with Crippen LogP contribution in [-0.2, 0) is 0 Å². The van der Waals surface area contributed by atoms with E-state index in [9.17, 15) is 0 Å². The molecule has 0 radical (unpaired) electrons. The van der Waals surface area contributed by atoms with Crippen molar-refractivity contribution in [2.75, 3.05) is 13.1 Å². The molecule has 15 heavy (non-hydrogen) atoms. The molecule has 0 amide bonds. The van der Waals surface area contributed by atoms with Crippen LogP contribution >= 0.6 is 0 Å². The molecule has 0 spiro atoms. The number of benzene rings is 1. The molecule has 2 atom stereocenters. The lowest BCUT2D eigenvalue weighted by atomic mass is 10.0. The fraction of sp³-hybridized carbons (Fsp3) is 0.538. The van der Waals surface area contributed by atoms with Crippen LogP contribution in [0.1, 0.15) is 30.5 Å². The van der Waals surface area contributed by atoms with Crippen LogP contribution in [0.25, 0.3) is 0 Å². The molecule has 0 bridgehead atoms. The molecule has 2 rings (SSSR count). The molecular weight excluding hydrogens is 184 g/mol. The highest BCUT2D eigenvalue weighted by Crippen LogP contribution is 2.18. The number of hydrogen-bond acceptors (Lipinski definition) is 2. The summed E-state index contributed by atoms with van der Waals surface area (Å²) in [6, 6.07) is 9.71. The van der Waals surface area contributed by atoms with Gasteiger partial charge in [-0.25, -0.2) is 0 Å². The smallest absolute Gasteiger partial charge is 0.0297 e. The van der Waals surface area contributed by atoms with Crippen molar-refractivity contribution in [3.8, 4) is 0 Å². The highest BCUT2D eigenvalue weighted by atomic mass is 15.0. The van der Waals surface area contributed by atoms with Crippen LogP contribution in [-0.4, -0.2) is 19.1 Å². The van der Waals surface area contributed by atoms with Gasteiger partial charge in [0.2, 0.25) is 0 Å². The van der Waals surface area contributed by atoms with Gasteiger partial charge in [0.25, 0.3) is 0 Å². The van der Waals surface area contributed by atoms with Crippen LogP contribution in [0.2, 0.25) is 0 Å². The second-order valence-corrected chi connectivity index (χ2v) is 4.43. The summed E-state index contributed by atoms with van der Waals surface area (Å²) in [5, 5.41) is 7.05. The maximum atomic E-state index is 3.67. The molecule has 1 unspecified atom stereocenters. The highest BCUT2D eigenvalue weighted by Gasteiger charge is 2.17. The third-order valence-electron chi connectivity index (χ3n) is 3.20. The third-order valence-corrected chi connectivity index (χ3v) is 3.20. The first kappa shape index (κ1) is 10.7. The van der Waals surface area contributed by atoms with Crippen molar-refractivity contribution < 1.29 is 0 Å². The lowest BCUT2D eigenvalue weighted by molar-refractivity contribution is 0.477. The number of rotatable bonds is 3. The number of nitrogens with one attached hydrogen (secondary N) is 2. The van der Waals surface area contributed by atoms with E-state index in [2.05, 4.69) is 48.7 Å². The molecule has 0 saturated carbocycles. The molecule has 0 aromatic heterocycles. The lowest BCUT2D eigenvalue weighted by Crippen LogP contribution is -2.33. The Balaban J connectivity index is 2.00. The van der Waals surface area contributed by atoms with E-state index in [1.165, 1.54) is 17.5 Å². The zero-order valence-electron chi connectivity index (χ0n) is 9.59. The molecule has 1 aliphatic heterocycles. The molecule has 1 aromatic carbocycles. The normalized spacial score (nSPS) is 22.9. The summed E-state index contributed by atoms with van der Waals surface area (Å²) in [5.41, 5.74) is 2.80. The van der Waals surface area contributed by atoms with Crippen molar-refractivity contribution in [3.05, 3.63) is 35.4 Å². The molecule has 0 aliphatic carbocycles. The Morgan fingerprint density at radius 3 is 2.87 bits per heavy atom. The van der Waals surface area contributed by atoms with Crippen molar-refractivity contribution in [2.24, 2.45) is 0 Å². The second kappa shape index (κ2) is 4.77. The zero-order chi connectivity index (χ0) is 10.7. The van der Waals surface area contributed by atoms with Gasteiger partial charge in [-0.2, -0.15) is 0 Å². The van der Waals surface area contributed by atoms with Crippen molar-refractivity contribution in [2.45, 2.75) is 32.4 Å². The fourth-order valence-corrected chi connectivity index (χ4v) is 2.31. The van der Waals surface area contributed by atoms with Crippen LogP contribution < -0.4 is 10.6 Å². The van der Waals surface area contributed by atoms with E-state index in [0.717, 1.165) is 13.1 Å². The van der Waals surface area contributed by atoms with Gasteiger partial charge in [0.15, 0.2) is 0 Å². The maximum absolute atomic E-state index is 3.67. The minimum Gasteiger partial charge on any atom is -0.315 e. The number of hydrogen-bond donors (Lipinski definition) is 2. The Kier molecular flexibility index (Phi) is 3.39. The molecular formula is C13H20N2. The topological polar surface area (TPSA) is 24.1 Å². The summed E-state index contributed by atoms with van der Waals surface area (Å²) in [4.78, 5) is 0. The Hall–Kier alpha value is -0.860. The van der Waals surface area contributed by atoms with E-state index in [0.29, 0.717) is 12.1 Å². The lowest BCUT2D eigenvalue weighted by Gasteiger charge is -2.20. The minimum absolute atomic E-state index is 0.455. The van der Waals surface area contributed by atoms with Crippen molar-refractivity contribution >= 4 is 0 Å². The summed E-state index contributed by atoms with van der Waals surface area (Å²) in [6.07, 6.45) is 1.25. The molecule has 2 heteroatoms. The predicted octanol–water partition coefficient (Wildman–Crippen LogP) is 2.01. The molecule has 1 aliphatic rings. The summed E-state index contributed by atoms with van der Waals surface area (Å²) in [7, 11) is 0. The average molecular weight is 204 g/mol. The van der Waals surface area contributed by atoms with Crippen LogP contribution in [0.4, 0.5) is 0 Å². The van der Waals surface area contributed by atoms with Gasteiger partial charge in [-0.05, 0) is 37.9 Å². The monoisotopic (exact) mass is 204 g/mol. The van der Waals surface area contributed by atoms with Gasteiger partial charge in [0.05, 0.1) is 0 Å². The third kappa shape index (κ3) is 2.58. The zero-order valence-corrected chi connectivity index (χ0v) is 9.59. The van der Waals surface area contributed by atoms with E-state index < -0.39 is 0 Å². The molecule has 82 valence electrons. The second-order valence-electron chi connectivity index (χ2n) is 4.43. The SMILES string of the molecule is Cc1ccccc1[C@@H](C)NC1CCNC1. The van der Waals surface area contributed by atoms with Gasteiger partial charge in [-0.1, -0.05) is 24.3 Å². The summed E-state index contributed by atoms with van der Waals surface area (Å²) < 4.78 is 0. The minimum atomic E-state index is 0.455. The van der Waals surface area contributed by atoms with Crippen molar-refractivity contribution in [3.63, 3.8) is 0 Å². The quantitative estimate of drug-likeness (QED) is 0.787. The Bertz CT molecular complexity index is 316. The molecule has 1 aromatic rings. The van der Waals surface area contributed by atoms with Gasteiger partial charge in [-0.3, -0.25) is 0 Å². The standard InChI is InChI=1S/C13H20N2/c1-10-5-3-4-6-13(10)11(2)15-12-7-8-14-9-12/h3-6,11-12,14-15H,7-9H2,1-2H3/t11-,12?/m1/s1. The molecule has 1 fully saturated rings. The first-order valence-corrected chi connectivity index (χ1v) is 5.79. The summed E-state index contributed by atoms with van der Waals surface area (Å²) in [6.45, 7) is 6.69. The highest BCUT2D eigenvalue weighted by molar-refractivity contribution is 5.28. The van der Waals surface area contributed by atoms with Crippen LogP contribution in [0, 0.1) is 6.92 Å². The van der Waals surface area contributed by atoms with E-state index in [-0.39, 0.29) is 0 Å². The summed E-state index contributed by atoms with van der Waals surface area (Å²) in [5.74, 6) is 0. The van der Waals surface area contributed by atoms with E-state index in [1.54, 1.807) is 0 Å². The summed E-state index contributed by atoms with van der Waals surface area (Å²) >= 11 is 0. The largest absolute Gasteiger partial charge is 0.315 e. The average Bonchev–Trinajstić information content (AvgIpc) is 2.71. The molecule has 2 nitrogen and oxygen atoms in total. The van der Waals surface area contributed by atoms with Gasteiger partial charge in [0.1, 0.15) is 0 Å². The van der Waals surface area contributed by atoms with E-state index in [1.807, 2.05) is 0 Å². The fourth-order valence-electron chi connectivity index (χ4n) is 2.31. The van der Waals surface area contributed by atoms with Crippen molar-refractivity contribution in [1.82, 2.24) is 10.6 Å². The molecule has 1 saturated heterocycles. The van der Waals surface area contributed by atoms with Gasteiger partial charge >= 0.3 is 0 Å². The molecule has 2 N–H and O–H groups in total. The Morgan fingerprint density at radius 2 is 2.20 bits per heavy atom. The number of aryl methyl sites for hydroxylation is 1. The Labute approximate surface area is 92.1 Å². The first-order chi connectivity index (χ1) is 7.27. The van der Waals surface area contributed by atoms with E-state index in [4.69, 9.17) is 0 Å². The Morgan fingerprint density at radius 1 is 1.40 bits per heavy atom. The van der Waals surface area contributed by atoms with Crippen LogP contribution in [0.15, 0.2) is 24.3 Å². The van der Waals surface area contributed by atoms with Crippen LogP contribution in [0.5, 0.6) is 0 Å². The van der Waals surface area contributed by atoms with Crippen LogP contribution in [0.3, 0.4) is 0 Å². The molecule has 1 heterocycles. The van der Waals surface area contributed by atoms with Gasteiger partial charge < -0.3 is 10.6 Å². The predicted molar refractivity (Wildman–Crippen MR) is 64.0 cm³/mol. The van der Waals surface area contributed by atoms with E-state index >= 15 is 0 Å². The first-order valence-electron chi connectivity index (χ1n) is 5.79. The van der Waals surface area contributed by atoms with Crippen molar-refractivity contribution in [1.29, 1.82) is 0 Å². The maximum Gasteiger partial charge on any atom is 0.0297 e.